The topological polar surface area (TPSA) is 144 Å². The molecule has 1 amide bonds. The van der Waals surface area contributed by atoms with Crippen LogP contribution in [0.15, 0.2) is 38.8 Å². The number of carbonyl (C=O) groups is 2. The van der Waals surface area contributed by atoms with E-state index in [9.17, 15) is 27.6 Å². The highest BCUT2D eigenvalue weighted by molar-refractivity contribution is 7.89. The molecule has 2 fully saturated rings. The van der Waals surface area contributed by atoms with Crippen molar-refractivity contribution in [2.75, 3.05) is 44.2 Å². The Bertz CT molecular complexity index is 1340. The highest BCUT2D eigenvalue weighted by Gasteiger charge is 2.37. The van der Waals surface area contributed by atoms with Crippen molar-refractivity contribution in [3.63, 3.8) is 0 Å². The molecular formula is C23H29N5O6S. The molecule has 4 rings (SSSR count). The summed E-state index contributed by atoms with van der Waals surface area (Å²) in [7, 11) is -4.18. The number of aromatic nitrogens is 2. The van der Waals surface area contributed by atoms with Gasteiger partial charge < -0.3 is 14.8 Å². The number of anilines is 1. The molecule has 0 aliphatic carbocycles. The quantitative estimate of drug-likeness (QED) is 0.560. The molecule has 12 heteroatoms. The standard InChI is InChI=1S/C23H29N5O6S/c1-15-20(21(30)25-23(32)24-15)35(33,34)28-9-3-4-18(14-28)22(31)27-12-10-26(11-13-27)19-7-5-17(6-8-19)16(2)29/h5-8,18H,3-4,9-14H2,1-2H3,(H2,24,25,30,32)/t18-/m1/s1. The molecule has 1 aromatic heterocycles. The molecular weight excluding hydrogens is 474 g/mol. The maximum Gasteiger partial charge on any atom is 0.325 e. The van der Waals surface area contributed by atoms with Crippen molar-refractivity contribution < 1.29 is 18.0 Å². The van der Waals surface area contributed by atoms with E-state index in [-0.39, 0.29) is 30.5 Å². The highest BCUT2D eigenvalue weighted by atomic mass is 32.2. The second-order valence-electron chi connectivity index (χ2n) is 8.98. The molecule has 188 valence electrons. The summed E-state index contributed by atoms with van der Waals surface area (Å²) in [5, 5.41) is 0. The molecule has 0 saturated carbocycles. The van der Waals surface area contributed by atoms with E-state index in [1.54, 1.807) is 17.0 Å². The van der Waals surface area contributed by atoms with E-state index >= 15 is 0 Å². The molecule has 0 unspecified atom stereocenters. The van der Waals surface area contributed by atoms with Crippen LogP contribution in [0.2, 0.25) is 0 Å². The number of amides is 1. The number of piperidine rings is 1. The number of carbonyl (C=O) groups excluding carboxylic acids is 2. The van der Waals surface area contributed by atoms with Gasteiger partial charge in [0.15, 0.2) is 10.7 Å². The van der Waals surface area contributed by atoms with Crippen LogP contribution in [0, 0.1) is 12.8 Å². The Morgan fingerprint density at radius 1 is 0.971 bits per heavy atom. The average molecular weight is 504 g/mol. The van der Waals surface area contributed by atoms with E-state index < -0.39 is 32.1 Å². The summed E-state index contributed by atoms with van der Waals surface area (Å²) in [4.78, 5) is 56.1. The molecule has 1 atom stereocenters. The number of aromatic amines is 2. The van der Waals surface area contributed by atoms with Gasteiger partial charge in [0.25, 0.3) is 5.56 Å². The molecule has 2 N–H and O–H groups in total. The molecule has 1 aromatic carbocycles. The summed E-state index contributed by atoms with van der Waals surface area (Å²) in [5.41, 5.74) is -0.129. The fraction of sp³-hybridized carbons (Fsp3) is 0.478. The van der Waals surface area contributed by atoms with Crippen LogP contribution >= 0.6 is 0 Å². The number of sulfonamides is 1. The molecule has 3 heterocycles. The smallest absolute Gasteiger partial charge is 0.325 e. The van der Waals surface area contributed by atoms with Crippen molar-refractivity contribution in [3.05, 3.63) is 56.4 Å². The van der Waals surface area contributed by atoms with Crippen LogP contribution in [0.25, 0.3) is 0 Å². The van der Waals surface area contributed by atoms with Crippen molar-refractivity contribution in [1.29, 1.82) is 0 Å². The molecule has 2 aliphatic heterocycles. The van der Waals surface area contributed by atoms with Crippen molar-refractivity contribution in [2.45, 2.75) is 31.6 Å². The minimum Gasteiger partial charge on any atom is -0.368 e. The molecule has 2 aliphatic rings. The summed E-state index contributed by atoms with van der Waals surface area (Å²) in [6, 6.07) is 7.39. The fourth-order valence-corrected chi connectivity index (χ4v) is 6.47. The molecule has 11 nitrogen and oxygen atoms in total. The lowest BCUT2D eigenvalue weighted by Gasteiger charge is -2.39. The number of rotatable bonds is 5. The number of hydrogen-bond acceptors (Lipinski definition) is 7. The number of piperazine rings is 1. The lowest BCUT2D eigenvalue weighted by Crippen LogP contribution is -2.53. The summed E-state index contributed by atoms with van der Waals surface area (Å²) < 4.78 is 27.5. The number of ketones is 1. The van der Waals surface area contributed by atoms with Crippen LogP contribution in [0.4, 0.5) is 5.69 Å². The molecule has 0 bridgehead atoms. The van der Waals surface area contributed by atoms with Crippen molar-refractivity contribution in [1.82, 2.24) is 19.2 Å². The molecule has 0 spiro atoms. The van der Waals surface area contributed by atoms with Crippen LogP contribution in [-0.4, -0.2) is 78.5 Å². The Labute approximate surface area is 202 Å². The minimum absolute atomic E-state index is 0.00804. The summed E-state index contributed by atoms with van der Waals surface area (Å²) in [5.74, 6) is -0.582. The SMILES string of the molecule is CC(=O)c1ccc(N2CCN(C(=O)[C@@H]3CCCN(S(=O)(=O)c4c(C)[nH]c(=O)[nH]c4=O)C3)CC2)cc1. The predicted octanol–water partition coefficient (Wildman–Crippen LogP) is 0.324. The van der Waals surface area contributed by atoms with Crippen LogP contribution in [0.3, 0.4) is 0 Å². The average Bonchev–Trinajstić information content (AvgIpc) is 2.83. The predicted molar refractivity (Wildman–Crippen MR) is 129 cm³/mol. The Balaban J connectivity index is 1.41. The number of nitrogens with zero attached hydrogens (tertiary/aromatic N) is 3. The first kappa shape index (κ1) is 24.9. The third kappa shape index (κ3) is 5.08. The van der Waals surface area contributed by atoms with Crippen molar-refractivity contribution in [3.8, 4) is 0 Å². The van der Waals surface area contributed by atoms with E-state index in [0.717, 1.165) is 5.69 Å². The van der Waals surface area contributed by atoms with Crippen LogP contribution in [-0.2, 0) is 14.8 Å². The Hall–Kier alpha value is -3.25. The number of Topliss-reactive ketones (excluding diaryl/α,β-unsaturated/α-hetero) is 1. The number of nitrogens with one attached hydrogen (secondary N) is 2. The van der Waals surface area contributed by atoms with Gasteiger partial charge in [-0.05, 0) is 51.0 Å². The third-order valence-electron chi connectivity index (χ3n) is 6.64. The number of aryl methyl sites for hydroxylation is 1. The van der Waals surface area contributed by atoms with E-state index in [1.165, 1.54) is 18.2 Å². The van der Waals surface area contributed by atoms with Crippen LogP contribution in [0.1, 0.15) is 35.8 Å². The van der Waals surface area contributed by atoms with E-state index in [1.807, 2.05) is 17.1 Å². The van der Waals surface area contributed by atoms with Gasteiger partial charge in [-0.15, -0.1) is 0 Å². The number of benzene rings is 1. The second-order valence-corrected chi connectivity index (χ2v) is 10.9. The Kier molecular flexibility index (Phi) is 6.95. The third-order valence-corrected chi connectivity index (χ3v) is 8.66. The minimum atomic E-state index is -4.18. The molecule has 2 aromatic rings. The molecule has 35 heavy (non-hydrogen) atoms. The van der Waals surface area contributed by atoms with Gasteiger partial charge in [-0.25, -0.2) is 13.2 Å². The first-order valence-corrected chi connectivity index (χ1v) is 13.0. The lowest BCUT2D eigenvalue weighted by atomic mass is 9.97. The van der Waals surface area contributed by atoms with Gasteiger partial charge in [0.05, 0.1) is 5.92 Å². The van der Waals surface area contributed by atoms with Crippen molar-refractivity contribution in [2.24, 2.45) is 5.92 Å². The van der Waals surface area contributed by atoms with E-state index in [4.69, 9.17) is 0 Å². The van der Waals surface area contributed by atoms with Crippen LogP contribution < -0.4 is 16.1 Å². The Morgan fingerprint density at radius 2 is 1.63 bits per heavy atom. The van der Waals surface area contributed by atoms with Gasteiger partial charge in [0.2, 0.25) is 15.9 Å². The normalized spacial score (nSPS) is 19.5. The highest BCUT2D eigenvalue weighted by Crippen LogP contribution is 2.25. The first-order valence-electron chi connectivity index (χ1n) is 11.6. The van der Waals surface area contributed by atoms with Gasteiger partial charge in [0.1, 0.15) is 0 Å². The maximum atomic E-state index is 13.2. The van der Waals surface area contributed by atoms with Crippen LogP contribution in [0.5, 0.6) is 0 Å². The second kappa shape index (κ2) is 9.78. The number of H-pyrrole nitrogens is 2. The van der Waals surface area contributed by atoms with E-state index in [0.29, 0.717) is 44.6 Å². The zero-order valence-electron chi connectivity index (χ0n) is 19.7. The molecule has 0 radical (unpaired) electrons. The summed E-state index contributed by atoms with van der Waals surface area (Å²) >= 11 is 0. The molecule has 2 saturated heterocycles. The van der Waals surface area contributed by atoms with E-state index in [2.05, 4.69) is 9.88 Å². The lowest BCUT2D eigenvalue weighted by molar-refractivity contribution is -0.137. The largest absolute Gasteiger partial charge is 0.368 e. The fourth-order valence-electron chi connectivity index (χ4n) is 4.74. The zero-order valence-corrected chi connectivity index (χ0v) is 20.6. The maximum absolute atomic E-state index is 13.2. The van der Waals surface area contributed by atoms with Gasteiger partial charge in [-0.3, -0.25) is 19.4 Å². The first-order chi connectivity index (χ1) is 16.6. The summed E-state index contributed by atoms with van der Waals surface area (Å²) in [6.07, 6.45) is 1.07. The van der Waals surface area contributed by atoms with Gasteiger partial charge in [-0.1, -0.05) is 0 Å². The Morgan fingerprint density at radius 3 is 2.23 bits per heavy atom. The number of hydrogen-bond donors (Lipinski definition) is 2. The zero-order chi connectivity index (χ0) is 25.3. The van der Waals surface area contributed by atoms with Gasteiger partial charge in [-0.2, -0.15) is 4.31 Å². The monoisotopic (exact) mass is 503 g/mol. The van der Waals surface area contributed by atoms with Gasteiger partial charge in [0, 0.05) is 56.2 Å². The van der Waals surface area contributed by atoms with Gasteiger partial charge >= 0.3 is 5.69 Å². The summed E-state index contributed by atoms with van der Waals surface area (Å²) in [6.45, 7) is 5.36. The van der Waals surface area contributed by atoms with Crippen molar-refractivity contribution >= 4 is 27.4 Å².